The van der Waals surface area contributed by atoms with E-state index in [9.17, 15) is 0 Å². The van der Waals surface area contributed by atoms with Crippen molar-refractivity contribution < 1.29 is 4.74 Å². The highest BCUT2D eigenvalue weighted by Crippen LogP contribution is 2.26. The van der Waals surface area contributed by atoms with E-state index >= 15 is 0 Å². The molecule has 98 valence electrons. The van der Waals surface area contributed by atoms with Crippen molar-refractivity contribution in [3.05, 3.63) is 0 Å². The van der Waals surface area contributed by atoms with E-state index in [0.717, 1.165) is 38.1 Å². The number of hydrogen-bond donors (Lipinski definition) is 1. The number of ether oxygens (including phenoxy) is 1. The second-order valence-corrected chi connectivity index (χ2v) is 5.75. The first-order valence-corrected chi connectivity index (χ1v) is 7.15. The van der Waals surface area contributed by atoms with Gasteiger partial charge in [0.05, 0.1) is 13.2 Å². The van der Waals surface area contributed by atoms with Crippen LogP contribution in [0.4, 0.5) is 0 Å². The van der Waals surface area contributed by atoms with Gasteiger partial charge in [-0.25, -0.2) is 0 Å². The minimum atomic E-state index is 0.930. The zero-order valence-electron chi connectivity index (χ0n) is 10.7. The SMILES string of the molecule is C(CN1CCOCC1)CN1C[C@H]2CNC[C@H]2C1. The van der Waals surface area contributed by atoms with Crippen molar-refractivity contribution in [2.75, 3.05) is 65.6 Å². The maximum atomic E-state index is 5.37. The molecular formula is C13H25N3O. The van der Waals surface area contributed by atoms with Crippen LogP contribution in [0.1, 0.15) is 6.42 Å². The molecule has 0 unspecified atom stereocenters. The Bertz CT molecular complexity index is 231. The van der Waals surface area contributed by atoms with Gasteiger partial charge in [-0.1, -0.05) is 0 Å². The molecule has 3 saturated heterocycles. The fourth-order valence-corrected chi connectivity index (χ4v) is 3.48. The average Bonchev–Trinajstić information content (AvgIpc) is 2.91. The largest absolute Gasteiger partial charge is 0.379 e. The van der Waals surface area contributed by atoms with Crippen LogP contribution in [-0.2, 0) is 4.74 Å². The van der Waals surface area contributed by atoms with E-state index in [-0.39, 0.29) is 0 Å². The molecule has 3 rings (SSSR count). The third-order valence-electron chi connectivity index (χ3n) is 4.52. The van der Waals surface area contributed by atoms with Crippen LogP contribution in [0.25, 0.3) is 0 Å². The Labute approximate surface area is 104 Å². The quantitative estimate of drug-likeness (QED) is 0.739. The standard InChI is InChI=1S/C13H25N3O/c1(2-15-4-6-17-7-5-15)3-16-10-12-8-14-9-13(12)11-16/h12-14H,1-11H2/t12-,13+. The minimum Gasteiger partial charge on any atom is -0.379 e. The monoisotopic (exact) mass is 239 g/mol. The van der Waals surface area contributed by atoms with Gasteiger partial charge in [-0.15, -0.1) is 0 Å². The molecule has 0 aromatic rings. The Balaban J connectivity index is 1.32. The van der Waals surface area contributed by atoms with E-state index in [1.165, 1.54) is 45.7 Å². The minimum absolute atomic E-state index is 0.930. The van der Waals surface area contributed by atoms with Gasteiger partial charge in [0.25, 0.3) is 0 Å². The smallest absolute Gasteiger partial charge is 0.0594 e. The molecule has 2 atom stereocenters. The highest BCUT2D eigenvalue weighted by Gasteiger charge is 2.35. The molecule has 1 N–H and O–H groups in total. The Morgan fingerprint density at radius 3 is 2.29 bits per heavy atom. The van der Waals surface area contributed by atoms with E-state index in [4.69, 9.17) is 4.74 Å². The predicted octanol–water partition coefficient (Wildman–Crippen LogP) is -0.140. The van der Waals surface area contributed by atoms with Gasteiger partial charge in [0.15, 0.2) is 0 Å². The highest BCUT2D eigenvalue weighted by molar-refractivity contribution is 4.91. The van der Waals surface area contributed by atoms with Gasteiger partial charge in [0.2, 0.25) is 0 Å². The van der Waals surface area contributed by atoms with E-state index in [1.807, 2.05) is 0 Å². The number of nitrogens with zero attached hydrogens (tertiary/aromatic N) is 2. The number of hydrogen-bond acceptors (Lipinski definition) is 4. The maximum Gasteiger partial charge on any atom is 0.0594 e. The first-order chi connectivity index (χ1) is 8.42. The summed E-state index contributed by atoms with van der Waals surface area (Å²) in [5, 5.41) is 3.50. The molecular weight excluding hydrogens is 214 g/mol. The van der Waals surface area contributed by atoms with Crippen LogP contribution in [-0.4, -0.2) is 75.4 Å². The lowest BCUT2D eigenvalue weighted by atomic mass is 10.0. The van der Waals surface area contributed by atoms with Crippen molar-refractivity contribution >= 4 is 0 Å². The van der Waals surface area contributed by atoms with E-state index in [2.05, 4.69) is 15.1 Å². The maximum absolute atomic E-state index is 5.37. The van der Waals surface area contributed by atoms with Crippen LogP contribution in [0.3, 0.4) is 0 Å². The van der Waals surface area contributed by atoms with Gasteiger partial charge in [-0.3, -0.25) is 4.90 Å². The van der Waals surface area contributed by atoms with Crippen molar-refractivity contribution in [2.45, 2.75) is 6.42 Å². The van der Waals surface area contributed by atoms with Crippen LogP contribution in [0.15, 0.2) is 0 Å². The Morgan fingerprint density at radius 1 is 0.941 bits per heavy atom. The lowest BCUT2D eigenvalue weighted by Gasteiger charge is -2.27. The summed E-state index contributed by atoms with van der Waals surface area (Å²) >= 11 is 0. The lowest BCUT2D eigenvalue weighted by Crippen LogP contribution is -2.38. The average molecular weight is 239 g/mol. The van der Waals surface area contributed by atoms with Crippen LogP contribution < -0.4 is 5.32 Å². The summed E-state index contributed by atoms with van der Waals surface area (Å²) in [4.78, 5) is 5.22. The topological polar surface area (TPSA) is 27.7 Å². The molecule has 0 aliphatic carbocycles. The van der Waals surface area contributed by atoms with Gasteiger partial charge >= 0.3 is 0 Å². The van der Waals surface area contributed by atoms with Crippen molar-refractivity contribution in [1.29, 1.82) is 0 Å². The number of morpholine rings is 1. The fourth-order valence-electron chi connectivity index (χ4n) is 3.48. The zero-order chi connectivity index (χ0) is 11.5. The first kappa shape index (κ1) is 11.9. The molecule has 0 bridgehead atoms. The summed E-state index contributed by atoms with van der Waals surface area (Å²) in [7, 11) is 0. The molecule has 0 amide bonds. The molecule has 3 heterocycles. The number of nitrogens with one attached hydrogen (secondary N) is 1. The fraction of sp³-hybridized carbons (Fsp3) is 1.00. The molecule has 0 aromatic heterocycles. The summed E-state index contributed by atoms with van der Waals surface area (Å²) in [6.07, 6.45) is 1.33. The lowest BCUT2D eigenvalue weighted by molar-refractivity contribution is 0.0363. The predicted molar refractivity (Wildman–Crippen MR) is 68.2 cm³/mol. The van der Waals surface area contributed by atoms with Crippen LogP contribution >= 0.6 is 0 Å². The van der Waals surface area contributed by atoms with Gasteiger partial charge in [0, 0.05) is 26.2 Å². The Hall–Kier alpha value is -0.160. The molecule has 3 fully saturated rings. The number of likely N-dealkylation sites (tertiary alicyclic amines) is 1. The van der Waals surface area contributed by atoms with E-state index in [0.29, 0.717) is 0 Å². The first-order valence-electron chi connectivity index (χ1n) is 7.15. The van der Waals surface area contributed by atoms with Crippen LogP contribution in [0.5, 0.6) is 0 Å². The summed E-state index contributed by atoms with van der Waals surface area (Å²) in [6, 6.07) is 0. The van der Waals surface area contributed by atoms with E-state index < -0.39 is 0 Å². The zero-order valence-corrected chi connectivity index (χ0v) is 10.7. The molecule has 0 aromatic carbocycles. The highest BCUT2D eigenvalue weighted by atomic mass is 16.5. The van der Waals surface area contributed by atoms with E-state index in [1.54, 1.807) is 0 Å². The van der Waals surface area contributed by atoms with Crippen LogP contribution in [0, 0.1) is 11.8 Å². The molecule has 3 aliphatic heterocycles. The summed E-state index contributed by atoms with van der Waals surface area (Å²) in [5.74, 6) is 1.89. The summed E-state index contributed by atoms with van der Waals surface area (Å²) < 4.78 is 5.37. The molecule has 4 heteroatoms. The van der Waals surface area contributed by atoms with Crippen molar-refractivity contribution in [2.24, 2.45) is 11.8 Å². The molecule has 0 saturated carbocycles. The third-order valence-corrected chi connectivity index (χ3v) is 4.52. The normalized spacial score (nSPS) is 35.3. The van der Waals surface area contributed by atoms with Crippen molar-refractivity contribution in [1.82, 2.24) is 15.1 Å². The van der Waals surface area contributed by atoms with Gasteiger partial charge in [-0.05, 0) is 44.4 Å². The number of rotatable bonds is 4. The second-order valence-electron chi connectivity index (χ2n) is 5.75. The van der Waals surface area contributed by atoms with Gasteiger partial charge < -0.3 is 15.0 Å². The molecule has 0 radical (unpaired) electrons. The second kappa shape index (κ2) is 5.65. The molecule has 0 spiro atoms. The molecule has 17 heavy (non-hydrogen) atoms. The van der Waals surface area contributed by atoms with Crippen LogP contribution in [0.2, 0.25) is 0 Å². The molecule has 3 aliphatic rings. The summed E-state index contributed by atoms with van der Waals surface area (Å²) in [5.41, 5.74) is 0. The third kappa shape index (κ3) is 2.99. The Morgan fingerprint density at radius 2 is 1.59 bits per heavy atom. The summed E-state index contributed by atoms with van der Waals surface area (Å²) in [6.45, 7) is 11.9. The van der Waals surface area contributed by atoms with Crippen molar-refractivity contribution in [3.8, 4) is 0 Å². The number of fused-ring (bicyclic) bond motifs is 1. The van der Waals surface area contributed by atoms with Gasteiger partial charge in [0.1, 0.15) is 0 Å². The Kier molecular flexibility index (Phi) is 3.96. The van der Waals surface area contributed by atoms with Gasteiger partial charge in [-0.2, -0.15) is 0 Å². The van der Waals surface area contributed by atoms with Crippen molar-refractivity contribution in [3.63, 3.8) is 0 Å². The molecule has 4 nitrogen and oxygen atoms in total.